The Morgan fingerprint density at radius 2 is 1.82 bits per heavy atom. The lowest BCUT2D eigenvalue weighted by Gasteiger charge is -2.30. The number of hydrogen-bond acceptors (Lipinski definition) is 8. The molecule has 0 aliphatic carbocycles. The molecule has 3 aromatic rings. The van der Waals surface area contributed by atoms with Crippen molar-refractivity contribution in [3.63, 3.8) is 0 Å². The summed E-state index contributed by atoms with van der Waals surface area (Å²) in [7, 11) is 0. The number of aliphatic hydroxyl groups excluding tert-OH is 2. The summed E-state index contributed by atoms with van der Waals surface area (Å²) in [4.78, 5) is 23.1. The highest BCUT2D eigenvalue weighted by Crippen LogP contribution is 2.33. The Balaban J connectivity index is 1.27. The van der Waals surface area contributed by atoms with Crippen molar-refractivity contribution < 1.29 is 19.7 Å². The summed E-state index contributed by atoms with van der Waals surface area (Å²) < 4.78 is 7.86. The molecular weight excluding hydrogens is 494 g/mol. The number of aromatic nitrogens is 3. The van der Waals surface area contributed by atoms with E-state index in [0.29, 0.717) is 36.2 Å². The number of carbonyl (C=O) groups excluding carboxylic acids is 1. The number of hydrogen-bond donors (Lipinski definition) is 3. The van der Waals surface area contributed by atoms with Crippen molar-refractivity contribution in [1.82, 2.24) is 19.4 Å². The van der Waals surface area contributed by atoms with Crippen molar-refractivity contribution >= 4 is 22.6 Å². The van der Waals surface area contributed by atoms with Crippen molar-refractivity contribution in [2.45, 2.75) is 96.3 Å². The van der Waals surface area contributed by atoms with Crippen LogP contribution in [0.3, 0.4) is 0 Å². The second-order valence-electron chi connectivity index (χ2n) is 12.0. The predicted molar refractivity (Wildman–Crippen MR) is 152 cm³/mol. The van der Waals surface area contributed by atoms with Crippen molar-refractivity contribution in [2.24, 2.45) is 0 Å². The van der Waals surface area contributed by atoms with E-state index in [0.717, 1.165) is 24.9 Å². The number of anilines is 1. The predicted octanol–water partition coefficient (Wildman–Crippen LogP) is 3.62. The van der Waals surface area contributed by atoms with Crippen LogP contribution in [0.2, 0.25) is 0 Å². The number of rotatable bonds is 11. The molecule has 1 aliphatic rings. The molecule has 1 unspecified atom stereocenters. The zero-order valence-electron chi connectivity index (χ0n) is 23.7. The molecule has 1 aliphatic heterocycles. The first kappa shape index (κ1) is 29.1. The van der Waals surface area contributed by atoms with Gasteiger partial charge in [-0.3, -0.25) is 9.69 Å². The average Bonchev–Trinajstić information content (AvgIpc) is 3.42. The molecular formula is C30H43N5O4. The number of fused-ring (bicyclic) bond motifs is 1. The Kier molecular flexibility index (Phi) is 9.06. The number of aliphatic hydroxyl groups is 2. The number of nitrogen functional groups attached to an aromatic ring is 1. The Morgan fingerprint density at radius 3 is 2.49 bits per heavy atom. The van der Waals surface area contributed by atoms with Gasteiger partial charge in [0.1, 0.15) is 41.9 Å². The standard InChI is InChI=1S/C30H43N5O4/c1-19(2)34(14-7-6-8-22(36)16-20-9-11-21(12-10-20)30(3,4)5)17-24-25(37)26(38)29(39-24)35-15-13-23-27(31)32-18-33-28(23)35/h9-13,15,18-19,24-26,29,37-38H,6-8,14,16-17H2,1-5H3,(H2,31,32,33)/t24-,25-,26?,29-/m1/s1. The van der Waals surface area contributed by atoms with Gasteiger partial charge in [-0.15, -0.1) is 0 Å². The third-order valence-electron chi connectivity index (χ3n) is 7.67. The van der Waals surface area contributed by atoms with E-state index < -0.39 is 24.5 Å². The average molecular weight is 538 g/mol. The van der Waals surface area contributed by atoms with E-state index in [9.17, 15) is 15.0 Å². The highest BCUT2D eigenvalue weighted by molar-refractivity contribution is 5.86. The van der Waals surface area contributed by atoms with Gasteiger partial charge in [0.25, 0.3) is 0 Å². The zero-order valence-corrected chi connectivity index (χ0v) is 23.7. The lowest BCUT2D eigenvalue weighted by atomic mass is 9.86. The van der Waals surface area contributed by atoms with Crippen molar-refractivity contribution in [2.75, 3.05) is 18.8 Å². The van der Waals surface area contributed by atoms with Gasteiger partial charge in [0.15, 0.2) is 6.23 Å². The largest absolute Gasteiger partial charge is 0.387 e. The Labute approximate surface area is 231 Å². The van der Waals surface area contributed by atoms with Crippen LogP contribution >= 0.6 is 0 Å². The highest BCUT2D eigenvalue weighted by atomic mass is 16.6. The van der Waals surface area contributed by atoms with Crippen molar-refractivity contribution in [1.29, 1.82) is 0 Å². The molecule has 0 saturated carbocycles. The van der Waals surface area contributed by atoms with Crippen LogP contribution in [0.5, 0.6) is 0 Å². The number of Topliss-reactive ketones (excluding diaryl/α,β-unsaturated/α-hetero) is 1. The van der Waals surface area contributed by atoms with Gasteiger partial charge in [-0.25, -0.2) is 9.97 Å². The van der Waals surface area contributed by atoms with Gasteiger partial charge in [-0.1, -0.05) is 45.0 Å². The second kappa shape index (κ2) is 12.1. The fraction of sp³-hybridized carbons (Fsp3) is 0.567. The molecule has 4 rings (SSSR count). The molecule has 0 radical (unpaired) electrons. The normalized spacial score (nSPS) is 21.9. The molecule has 2 aromatic heterocycles. The zero-order chi connectivity index (χ0) is 28.3. The maximum atomic E-state index is 12.6. The number of unbranched alkanes of at least 4 members (excludes halogenated alkanes) is 1. The molecule has 39 heavy (non-hydrogen) atoms. The first-order valence-corrected chi connectivity index (χ1v) is 13.9. The fourth-order valence-electron chi connectivity index (χ4n) is 5.17. The van der Waals surface area contributed by atoms with Gasteiger partial charge >= 0.3 is 0 Å². The van der Waals surface area contributed by atoms with Crippen LogP contribution in [0.25, 0.3) is 11.0 Å². The van der Waals surface area contributed by atoms with E-state index in [-0.39, 0.29) is 17.2 Å². The summed E-state index contributed by atoms with van der Waals surface area (Å²) in [6.07, 6.45) is 2.30. The maximum Gasteiger partial charge on any atom is 0.164 e. The number of benzene rings is 1. The summed E-state index contributed by atoms with van der Waals surface area (Å²) >= 11 is 0. The molecule has 212 valence electrons. The lowest BCUT2D eigenvalue weighted by Crippen LogP contribution is -2.43. The fourth-order valence-corrected chi connectivity index (χ4v) is 5.17. The molecule has 4 atom stereocenters. The van der Waals surface area contributed by atoms with Gasteiger partial charge in [0, 0.05) is 31.6 Å². The summed E-state index contributed by atoms with van der Waals surface area (Å²) in [6, 6.07) is 10.4. The van der Waals surface area contributed by atoms with E-state index in [1.54, 1.807) is 16.8 Å². The Morgan fingerprint density at radius 1 is 1.10 bits per heavy atom. The van der Waals surface area contributed by atoms with E-state index >= 15 is 0 Å². The van der Waals surface area contributed by atoms with Crippen LogP contribution in [0.4, 0.5) is 5.82 Å². The summed E-state index contributed by atoms with van der Waals surface area (Å²) in [6.45, 7) is 12.0. The maximum absolute atomic E-state index is 12.6. The van der Waals surface area contributed by atoms with Crippen LogP contribution in [-0.4, -0.2) is 72.9 Å². The molecule has 1 saturated heterocycles. The van der Waals surface area contributed by atoms with E-state index in [2.05, 4.69) is 73.8 Å². The van der Waals surface area contributed by atoms with Gasteiger partial charge in [-0.2, -0.15) is 0 Å². The number of nitrogens with two attached hydrogens (primary N) is 1. The minimum atomic E-state index is -1.11. The van der Waals surface area contributed by atoms with E-state index in [1.807, 2.05) is 0 Å². The van der Waals surface area contributed by atoms with E-state index in [1.165, 1.54) is 11.9 Å². The summed E-state index contributed by atoms with van der Waals surface area (Å²) in [5.74, 6) is 0.602. The minimum absolute atomic E-state index is 0.101. The number of ketones is 1. The molecule has 9 nitrogen and oxygen atoms in total. The van der Waals surface area contributed by atoms with Crippen LogP contribution < -0.4 is 5.73 Å². The quantitative estimate of drug-likeness (QED) is 0.317. The van der Waals surface area contributed by atoms with Crippen molar-refractivity contribution in [3.8, 4) is 0 Å². The first-order chi connectivity index (χ1) is 18.5. The van der Waals surface area contributed by atoms with Gasteiger partial charge < -0.3 is 25.3 Å². The van der Waals surface area contributed by atoms with E-state index in [4.69, 9.17) is 10.5 Å². The Bertz CT molecular complexity index is 1250. The number of nitrogens with zero attached hydrogens (tertiary/aromatic N) is 4. The topological polar surface area (TPSA) is 127 Å². The smallest absolute Gasteiger partial charge is 0.164 e. The molecule has 0 bridgehead atoms. The van der Waals surface area contributed by atoms with Crippen LogP contribution in [0, 0.1) is 0 Å². The molecule has 0 spiro atoms. The third kappa shape index (κ3) is 6.84. The number of carbonyl (C=O) groups is 1. The number of ether oxygens (including phenoxy) is 1. The molecule has 3 heterocycles. The summed E-state index contributed by atoms with van der Waals surface area (Å²) in [5.41, 5.74) is 8.92. The van der Waals surface area contributed by atoms with Crippen LogP contribution in [0.1, 0.15) is 71.2 Å². The molecule has 4 N–H and O–H groups in total. The second-order valence-corrected chi connectivity index (χ2v) is 12.0. The Hall–Kier alpha value is -2.85. The van der Waals surface area contributed by atoms with Gasteiger partial charge in [-0.05, 0) is 55.8 Å². The molecule has 1 aromatic carbocycles. The first-order valence-electron chi connectivity index (χ1n) is 13.9. The lowest BCUT2D eigenvalue weighted by molar-refractivity contribution is -0.118. The molecule has 9 heteroatoms. The van der Waals surface area contributed by atoms with Crippen LogP contribution in [0.15, 0.2) is 42.9 Å². The SMILES string of the molecule is CC(C)N(CCCCC(=O)Cc1ccc(C(C)(C)C)cc1)C[C@H]1O[C@@H](n2ccc3c(N)ncnc32)C(O)[C@@H]1O. The summed E-state index contributed by atoms with van der Waals surface area (Å²) in [5, 5.41) is 22.3. The van der Waals surface area contributed by atoms with Gasteiger partial charge in [0.2, 0.25) is 0 Å². The van der Waals surface area contributed by atoms with Crippen molar-refractivity contribution in [3.05, 3.63) is 54.0 Å². The minimum Gasteiger partial charge on any atom is -0.387 e. The molecule has 1 fully saturated rings. The monoisotopic (exact) mass is 537 g/mol. The third-order valence-corrected chi connectivity index (χ3v) is 7.67. The van der Waals surface area contributed by atoms with Gasteiger partial charge in [0.05, 0.1) is 5.39 Å². The van der Waals surface area contributed by atoms with Crippen LogP contribution in [-0.2, 0) is 21.4 Å². The highest BCUT2D eigenvalue weighted by Gasteiger charge is 2.44. The molecule has 0 amide bonds.